The minimum absolute atomic E-state index is 0. The summed E-state index contributed by atoms with van der Waals surface area (Å²) in [5.74, 6) is 1.24. The Morgan fingerprint density at radius 3 is 2.61 bits per heavy atom. The molecular formula is C20H34IN3O3S. The first-order valence-corrected chi connectivity index (χ1v) is 11.7. The van der Waals surface area contributed by atoms with Crippen molar-refractivity contribution in [2.24, 2.45) is 10.9 Å². The summed E-state index contributed by atoms with van der Waals surface area (Å²) in [4.78, 5) is 4.27. The molecule has 1 heterocycles. The van der Waals surface area contributed by atoms with Gasteiger partial charge in [0.05, 0.1) is 11.9 Å². The summed E-state index contributed by atoms with van der Waals surface area (Å²) in [5.41, 5.74) is 2.47. The molecule has 0 spiro atoms. The summed E-state index contributed by atoms with van der Waals surface area (Å²) in [7, 11) is -1.22. The lowest BCUT2D eigenvalue weighted by Crippen LogP contribution is -2.45. The lowest BCUT2D eigenvalue weighted by atomic mass is 9.89. The molecule has 1 aromatic rings. The van der Waals surface area contributed by atoms with E-state index in [1.807, 2.05) is 6.92 Å². The van der Waals surface area contributed by atoms with Crippen LogP contribution in [0.15, 0.2) is 29.3 Å². The smallest absolute Gasteiger partial charge is 0.191 e. The molecule has 2 N–H and O–H groups in total. The van der Waals surface area contributed by atoms with Crippen LogP contribution < -0.4 is 10.6 Å². The second-order valence-corrected chi connectivity index (χ2v) is 9.78. The van der Waals surface area contributed by atoms with Gasteiger partial charge < -0.3 is 15.4 Å². The molecule has 0 aliphatic carbocycles. The van der Waals surface area contributed by atoms with E-state index in [0.717, 1.165) is 26.0 Å². The Labute approximate surface area is 186 Å². The van der Waals surface area contributed by atoms with E-state index in [9.17, 15) is 8.42 Å². The molecule has 28 heavy (non-hydrogen) atoms. The fraction of sp³-hybridized carbons (Fsp3) is 0.650. The number of hydrogen-bond acceptors (Lipinski definition) is 4. The minimum atomic E-state index is -2.95. The third-order valence-corrected chi connectivity index (χ3v) is 5.89. The molecule has 1 aromatic carbocycles. The van der Waals surface area contributed by atoms with Crippen molar-refractivity contribution in [3.63, 3.8) is 0 Å². The molecule has 2 rings (SSSR count). The van der Waals surface area contributed by atoms with E-state index in [0.29, 0.717) is 18.3 Å². The lowest BCUT2D eigenvalue weighted by Gasteiger charge is -2.33. The second kappa shape index (κ2) is 12.0. The minimum Gasteiger partial charge on any atom is -0.373 e. The molecule has 1 saturated heterocycles. The monoisotopic (exact) mass is 523 g/mol. The summed E-state index contributed by atoms with van der Waals surface area (Å²) < 4.78 is 28.7. The van der Waals surface area contributed by atoms with E-state index in [-0.39, 0.29) is 41.9 Å². The van der Waals surface area contributed by atoms with Crippen LogP contribution in [0.5, 0.6) is 0 Å². The molecule has 0 radical (unpaired) electrons. The zero-order valence-electron chi connectivity index (χ0n) is 17.3. The van der Waals surface area contributed by atoms with Crippen molar-refractivity contribution in [1.29, 1.82) is 0 Å². The highest BCUT2D eigenvalue weighted by atomic mass is 127. The number of nitrogens with one attached hydrogen (secondary N) is 2. The van der Waals surface area contributed by atoms with Gasteiger partial charge in [0.15, 0.2) is 5.96 Å². The van der Waals surface area contributed by atoms with E-state index in [4.69, 9.17) is 4.74 Å². The Bertz CT molecular complexity index is 723. The van der Waals surface area contributed by atoms with Gasteiger partial charge in [-0.05, 0) is 38.7 Å². The van der Waals surface area contributed by atoms with Crippen LogP contribution >= 0.6 is 24.0 Å². The average Bonchev–Trinajstić information content (AvgIpc) is 2.64. The molecule has 0 saturated carbocycles. The molecule has 8 heteroatoms. The van der Waals surface area contributed by atoms with E-state index < -0.39 is 9.84 Å². The van der Waals surface area contributed by atoms with Crippen LogP contribution in [-0.2, 0) is 14.6 Å². The number of hydrogen-bond donors (Lipinski definition) is 2. The average molecular weight is 523 g/mol. The number of rotatable bonds is 7. The van der Waals surface area contributed by atoms with Crippen molar-refractivity contribution in [1.82, 2.24) is 10.6 Å². The van der Waals surface area contributed by atoms with Crippen LogP contribution in [0.25, 0.3) is 0 Å². The Morgan fingerprint density at radius 1 is 1.32 bits per heavy atom. The zero-order chi connectivity index (χ0) is 19.9. The molecule has 1 fully saturated rings. The van der Waals surface area contributed by atoms with E-state index in [1.165, 1.54) is 17.4 Å². The third kappa shape index (κ3) is 8.65. The number of sulfone groups is 1. The zero-order valence-corrected chi connectivity index (χ0v) is 20.4. The number of aliphatic imine (C=N–C) groups is 1. The number of halogens is 1. The van der Waals surface area contributed by atoms with Gasteiger partial charge in [0.25, 0.3) is 0 Å². The maximum Gasteiger partial charge on any atom is 0.191 e. The van der Waals surface area contributed by atoms with Gasteiger partial charge in [-0.2, -0.15) is 0 Å². The topological polar surface area (TPSA) is 79.8 Å². The Hall–Kier alpha value is -0.870. The van der Waals surface area contributed by atoms with Gasteiger partial charge in [0, 0.05) is 38.4 Å². The highest BCUT2D eigenvalue weighted by Crippen LogP contribution is 2.33. The number of aryl methyl sites for hydroxylation is 1. The van der Waals surface area contributed by atoms with Crippen LogP contribution in [0, 0.1) is 12.8 Å². The van der Waals surface area contributed by atoms with Crippen LogP contribution in [0.4, 0.5) is 0 Å². The molecule has 3 atom stereocenters. The van der Waals surface area contributed by atoms with Crippen LogP contribution in [0.2, 0.25) is 0 Å². The van der Waals surface area contributed by atoms with Gasteiger partial charge in [-0.3, -0.25) is 4.99 Å². The van der Waals surface area contributed by atoms with Gasteiger partial charge in [0.2, 0.25) is 0 Å². The molecular weight excluding hydrogens is 489 g/mol. The first-order chi connectivity index (χ1) is 12.8. The first-order valence-electron chi connectivity index (χ1n) is 9.61. The van der Waals surface area contributed by atoms with Crippen molar-refractivity contribution in [3.8, 4) is 0 Å². The fourth-order valence-corrected chi connectivity index (χ4v) is 4.08. The van der Waals surface area contributed by atoms with E-state index >= 15 is 0 Å². The SMILES string of the molecule is CN=C(NCC1CCCOC1c1ccc(C)cc1)NC(C)CCS(C)(=O)=O.I. The fourth-order valence-electron chi connectivity index (χ4n) is 3.30. The van der Waals surface area contributed by atoms with Gasteiger partial charge in [-0.25, -0.2) is 8.42 Å². The standard InChI is InChI=1S/C20H33N3O3S.HI/c1-15-7-9-17(10-8-15)19-18(6-5-12-26-19)14-22-20(21-3)23-16(2)11-13-27(4,24)25;/h7-10,16,18-19H,5-6,11-14H2,1-4H3,(H2,21,22,23);1H. The summed E-state index contributed by atoms with van der Waals surface area (Å²) in [6.07, 6.45) is 4.07. The van der Waals surface area contributed by atoms with Crippen molar-refractivity contribution in [2.75, 3.05) is 32.2 Å². The molecule has 3 unspecified atom stereocenters. The number of nitrogens with zero attached hydrogens (tertiary/aromatic N) is 1. The Morgan fingerprint density at radius 2 is 2.00 bits per heavy atom. The Balaban J connectivity index is 0.00000392. The number of ether oxygens (including phenoxy) is 1. The Kier molecular flexibility index (Phi) is 10.8. The first kappa shape index (κ1) is 25.2. The van der Waals surface area contributed by atoms with Crippen molar-refractivity contribution >= 4 is 39.8 Å². The van der Waals surface area contributed by atoms with Gasteiger partial charge in [0.1, 0.15) is 9.84 Å². The largest absolute Gasteiger partial charge is 0.373 e. The highest BCUT2D eigenvalue weighted by Gasteiger charge is 2.27. The number of benzene rings is 1. The molecule has 1 aliphatic rings. The second-order valence-electron chi connectivity index (χ2n) is 7.52. The normalized spacial score (nSPS) is 21.5. The molecule has 1 aliphatic heterocycles. The highest BCUT2D eigenvalue weighted by molar-refractivity contribution is 14.0. The molecule has 0 aromatic heterocycles. The van der Waals surface area contributed by atoms with Gasteiger partial charge in [-0.1, -0.05) is 29.8 Å². The lowest BCUT2D eigenvalue weighted by molar-refractivity contribution is -0.0265. The predicted molar refractivity (Wildman–Crippen MR) is 126 cm³/mol. The summed E-state index contributed by atoms with van der Waals surface area (Å²) >= 11 is 0. The summed E-state index contributed by atoms with van der Waals surface area (Å²) in [6, 6.07) is 8.59. The quantitative estimate of drug-likeness (QED) is 0.326. The predicted octanol–water partition coefficient (Wildman–Crippen LogP) is 3.07. The van der Waals surface area contributed by atoms with Crippen LogP contribution in [0.3, 0.4) is 0 Å². The van der Waals surface area contributed by atoms with E-state index in [1.54, 1.807) is 7.05 Å². The van der Waals surface area contributed by atoms with Crippen molar-refractivity contribution in [2.45, 2.75) is 45.3 Å². The molecule has 0 bridgehead atoms. The van der Waals surface area contributed by atoms with Crippen molar-refractivity contribution < 1.29 is 13.2 Å². The van der Waals surface area contributed by atoms with Crippen LogP contribution in [-0.4, -0.2) is 52.6 Å². The molecule has 160 valence electrons. The molecule has 6 nitrogen and oxygen atoms in total. The number of guanidine groups is 1. The third-order valence-electron chi connectivity index (χ3n) is 4.91. The molecule has 0 amide bonds. The van der Waals surface area contributed by atoms with Gasteiger partial charge in [-0.15, -0.1) is 24.0 Å². The summed E-state index contributed by atoms with van der Waals surface area (Å²) in [5, 5.41) is 6.66. The van der Waals surface area contributed by atoms with Crippen LogP contribution in [0.1, 0.15) is 43.4 Å². The summed E-state index contributed by atoms with van der Waals surface area (Å²) in [6.45, 7) is 5.61. The maximum absolute atomic E-state index is 11.3. The maximum atomic E-state index is 11.3. The van der Waals surface area contributed by atoms with E-state index in [2.05, 4.69) is 46.8 Å². The van der Waals surface area contributed by atoms with Crippen molar-refractivity contribution in [3.05, 3.63) is 35.4 Å². The van der Waals surface area contributed by atoms with Gasteiger partial charge >= 0.3 is 0 Å².